The van der Waals surface area contributed by atoms with Crippen LogP contribution in [0.5, 0.6) is 0 Å². The van der Waals surface area contributed by atoms with Crippen LogP contribution in [0.4, 0.5) is 4.39 Å². The molecule has 33 heavy (non-hydrogen) atoms. The summed E-state index contributed by atoms with van der Waals surface area (Å²) < 4.78 is 13.0. The van der Waals surface area contributed by atoms with Gasteiger partial charge in [0, 0.05) is 0 Å². The Balaban J connectivity index is 1.18. The van der Waals surface area contributed by atoms with Crippen molar-refractivity contribution >= 4 is 35.9 Å². The van der Waals surface area contributed by atoms with Gasteiger partial charge in [-0.05, 0) is 35.4 Å². The quantitative estimate of drug-likeness (QED) is 0.503. The number of aromatic amines is 1. The van der Waals surface area contributed by atoms with Gasteiger partial charge in [-0.2, -0.15) is 0 Å². The second-order valence-electron chi connectivity index (χ2n) is 7.82. The van der Waals surface area contributed by atoms with E-state index in [0.717, 1.165) is 38.3 Å². The molecule has 1 aliphatic heterocycles. The van der Waals surface area contributed by atoms with Gasteiger partial charge in [-0.3, -0.25) is 9.89 Å². The van der Waals surface area contributed by atoms with Crippen molar-refractivity contribution in [1.82, 2.24) is 20.1 Å². The summed E-state index contributed by atoms with van der Waals surface area (Å²) in [6.45, 7) is 4.42. The second-order valence-corrected chi connectivity index (χ2v) is 8.77. The number of amides is 1. The predicted octanol–water partition coefficient (Wildman–Crippen LogP) is 2.65. The van der Waals surface area contributed by atoms with Gasteiger partial charge in [-0.25, -0.2) is 9.37 Å². The topological polar surface area (TPSA) is 66.3 Å². The maximum atomic E-state index is 13.0. The molecule has 2 heterocycles. The van der Waals surface area contributed by atoms with Crippen molar-refractivity contribution in [1.29, 1.82) is 0 Å². The fourth-order valence-electron chi connectivity index (χ4n) is 3.57. The number of carbonyl (C=O) groups excluding carboxylic acids is 1. The number of benzene rings is 2. The molecule has 0 spiro atoms. The van der Waals surface area contributed by atoms with Gasteiger partial charge in [-0.15, -0.1) is 5.10 Å². The molecule has 4 rings (SSSR count). The highest BCUT2D eigenvalue weighted by Gasteiger charge is 2.23. The van der Waals surface area contributed by atoms with E-state index in [0.29, 0.717) is 16.7 Å². The van der Waals surface area contributed by atoms with E-state index in [9.17, 15) is 9.18 Å². The van der Waals surface area contributed by atoms with E-state index in [4.69, 9.17) is 0 Å². The molecule has 170 valence electrons. The molecule has 0 atom stereocenters. The normalized spacial score (nSPS) is 15.0. The minimum atomic E-state index is -0.266. The molecular weight excluding hydrogens is 437 g/mol. The zero-order chi connectivity index (χ0) is 22.9. The summed E-state index contributed by atoms with van der Waals surface area (Å²) >= 11 is 1.33. The Kier molecular flexibility index (Phi) is 8.05. The van der Waals surface area contributed by atoms with Crippen molar-refractivity contribution in [3.63, 3.8) is 0 Å². The number of aromatic nitrogens is 3. The first-order chi connectivity index (χ1) is 16.2. The molecule has 0 radical (unpaired) electrons. The largest absolute Gasteiger partial charge is 0.331 e. The van der Waals surface area contributed by atoms with E-state index in [-0.39, 0.29) is 11.7 Å². The number of hydrogen-bond donors (Lipinski definition) is 2. The van der Waals surface area contributed by atoms with Crippen molar-refractivity contribution in [3.05, 3.63) is 83.4 Å². The summed E-state index contributed by atoms with van der Waals surface area (Å²) in [7, 11) is 0. The minimum absolute atomic E-state index is 0.118. The van der Waals surface area contributed by atoms with Crippen LogP contribution in [0.3, 0.4) is 0 Å². The number of quaternary nitrogens is 1. The lowest BCUT2D eigenvalue weighted by molar-refractivity contribution is -0.898. The van der Waals surface area contributed by atoms with Crippen molar-refractivity contribution < 1.29 is 14.1 Å². The van der Waals surface area contributed by atoms with E-state index in [2.05, 4.69) is 39.5 Å². The van der Waals surface area contributed by atoms with Crippen LogP contribution in [0.1, 0.15) is 17.0 Å². The van der Waals surface area contributed by atoms with Crippen LogP contribution in [0.2, 0.25) is 0 Å². The first-order valence-electron chi connectivity index (χ1n) is 11.0. The highest BCUT2D eigenvalue weighted by atomic mass is 32.2. The molecule has 3 aromatic rings. The molecule has 6 nitrogen and oxygen atoms in total. The Morgan fingerprint density at radius 2 is 1.76 bits per heavy atom. The molecule has 0 unspecified atom stereocenters. The molecule has 8 heteroatoms. The zero-order valence-corrected chi connectivity index (χ0v) is 19.1. The number of piperazine rings is 1. The highest BCUT2D eigenvalue weighted by molar-refractivity contribution is 7.99. The van der Waals surface area contributed by atoms with Crippen LogP contribution in [0, 0.1) is 5.82 Å². The van der Waals surface area contributed by atoms with E-state index in [1.807, 2.05) is 29.2 Å². The highest BCUT2D eigenvalue weighted by Crippen LogP contribution is 2.14. The number of halogens is 1. The molecule has 2 N–H and O–H groups in total. The third-order valence-corrected chi connectivity index (χ3v) is 6.28. The summed E-state index contributed by atoms with van der Waals surface area (Å²) in [6, 6.07) is 16.5. The molecule has 0 saturated carbocycles. The Hall–Kier alpha value is -3.23. The summed E-state index contributed by atoms with van der Waals surface area (Å²) in [4.78, 5) is 20.4. The molecule has 2 aromatic carbocycles. The minimum Gasteiger partial charge on any atom is -0.331 e. The van der Waals surface area contributed by atoms with Crippen LogP contribution in [-0.2, 0) is 4.79 Å². The van der Waals surface area contributed by atoms with Crippen molar-refractivity contribution in [2.24, 2.45) is 0 Å². The van der Waals surface area contributed by atoms with Gasteiger partial charge >= 0.3 is 0 Å². The number of nitrogens with zero attached hydrogens (tertiary/aromatic N) is 3. The van der Waals surface area contributed by atoms with E-state index in [1.165, 1.54) is 34.4 Å². The molecule has 0 aliphatic carbocycles. The number of H-pyrrole nitrogens is 1. The maximum Gasteiger partial charge on any atom is 0.233 e. The van der Waals surface area contributed by atoms with Crippen LogP contribution < -0.4 is 4.90 Å². The number of carbonyl (C=O) groups is 1. The van der Waals surface area contributed by atoms with Crippen LogP contribution >= 0.6 is 11.8 Å². The lowest BCUT2D eigenvalue weighted by Crippen LogP contribution is -3.14. The fourth-order valence-corrected chi connectivity index (χ4v) is 4.27. The van der Waals surface area contributed by atoms with Gasteiger partial charge in [0.05, 0.1) is 38.5 Å². The third-order valence-electron chi connectivity index (χ3n) is 5.45. The Morgan fingerprint density at radius 3 is 2.52 bits per heavy atom. The molecule has 1 amide bonds. The van der Waals surface area contributed by atoms with Crippen molar-refractivity contribution in [2.75, 3.05) is 38.5 Å². The zero-order valence-electron chi connectivity index (χ0n) is 18.3. The summed E-state index contributed by atoms with van der Waals surface area (Å²) in [5, 5.41) is 7.55. The molecule has 1 fully saturated rings. The van der Waals surface area contributed by atoms with Gasteiger partial charge in [0.25, 0.3) is 0 Å². The van der Waals surface area contributed by atoms with E-state index < -0.39 is 0 Å². The lowest BCUT2D eigenvalue weighted by Gasteiger charge is -2.31. The van der Waals surface area contributed by atoms with Gasteiger partial charge in [0.2, 0.25) is 11.1 Å². The number of nitrogens with one attached hydrogen (secondary N) is 2. The smallest absolute Gasteiger partial charge is 0.233 e. The van der Waals surface area contributed by atoms with Crippen molar-refractivity contribution in [3.8, 4) is 0 Å². The second kappa shape index (κ2) is 11.6. The van der Waals surface area contributed by atoms with Gasteiger partial charge in [0.15, 0.2) is 0 Å². The number of thioether (sulfide) groups is 1. The van der Waals surface area contributed by atoms with Gasteiger partial charge < -0.3 is 9.80 Å². The Morgan fingerprint density at radius 1 is 1.03 bits per heavy atom. The SMILES string of the molecule is O=C(CSc1n[nH]c(C=Cc2ccc(F)cc2)n1)N1CC[NH+](CC=Cc2ccccc2)CC1. The molecule has 0 bridgehead atoms. The molecule has 1 aromatic heterocycles. The molecular formula is C25H27FN5OS+. The van der Waals surface area contributed by atoms with E-state index >= 15 is 0 Å². The average Bonchev–Trinajstić information content (AvgIpc) is 3.31. The van der Waals surface area contributed by atoms with Crippen LogP contribution in [0.15, 0.2) is 65.8 Å². The predicted molar refractivity (Wildman–Crippen MR) is 130 cm³/mol. The average molecular weight is 465 g/mol. The Bertz CT molecular complexity index is 1090. The number of hydrogen-bond acceptors (Lipinski definition) is 4. The van der Waals surface area contributed by atoms with E-state index in [1.54, 1.807) is 18.2 Å². The monoisotopic (exact) mass is 464 g/mol. The standard InChI is InChI=1S/C25H26FN5OS/c26-22-11-8-21(9-12-22)10-13-23-27-25(29-28-23)33-19-24(32)31-17-15-30(16-18-31)14-4-7-20-5-2-1-3-6-20/h1-13H,14-19H2,(H,27,28,29)/p+1. The molecule has 1 saturated heterocycles. The van der Waals surface area contributed by atoms with Crippen LogP contribution in [0.25, 0.3) is 18.2 Å². The Labute approximate surface area is 197 Å². The van der Waals surface area contributed by atoms with Gasteiger partial charge in [0.1, 0.15) is 11.6 Å². The third kappa shape index (κ3) is 7.13. The fraction of sp³-hybridized carbons (Fsp3) is 0.240. The van der Waals surface area contributed by atoms with Gasteiger partial charge in [-0.1, -0.05) is 66.4 Å². The summed E-state index contributed by atoms with van der Waals surface area (Å²) in [5.41, 5.74) is 2.08. The summed E-state index contributed by atoms with van der Waals surface area (Å²) in [6.07, 6.45) is 7.97. The number of rotatable bonds is 8. The molecule has 1 aliphatic rings. The summed E-state index contributed by atoms with van der Waals surface area (Å²) in [5.74, 6) is 0.766. The maximum absolute atomic E-state index is 13.0. The lowest BCUT2D eigenvalue weighted by atomic mass is 10.2. The first kappa shape index (κ1) is 22.9. The first-order valence-corrected chi connectivity index (χ1v) is 12.0. The van der Waals surface area contributed by atoms with Crippen molar-refractivity contribution in [2.45, 2.75) is 5.16 Å². The van der Waals surface area contributed by atoms with Crippen LogP contribution in [-0.4, -0.2) is 64.5 Å².